The highest BCUT2D eigenvalue weighted by atomic mass is 32.1. The Kier molecular flexibility index (Phi) is 3.59. The molecule has 0 aliphatic carbocycles. The molecule has 1 aromatic heterocycles. The van der Waals surface area contributed by atoms with E-state index in [0.717, 1.165) is 14.9 Å². The summed E-state index contributed by atoms with van der Waals surface area (Å²) in [4.78, 5) is 1.80. The van der Waals surface area contributed by atoms with E-state index < -0.39 is 12.0 Å². The molecular formula is C12H13F3N4S. The molecule has 1 aromatic carbocycles. The highest BCUT2D eigenvalue weighted by Crippen LogP contribution is 2.30. The number of aromatic nitrogens is 3. The zero-order valence-corrected chi connectivity index (χ0v) is 12.0. The predicted molar refractivity (Wildman–Crippen MR) is 72.7 cm³/mol. The van der Waals surface area contributed by atoms with Gasteiger partial charge in [0, 0.05) is 26.8 Å². The summed E-state index contributed by atoms with van der Waals surface area (Å²) in [5.74, 6) is -1.03. The number of anilines is 1. The maximum absolute atomic E-state index is 13.0. The molecule has 0 aliphatic heterocycles. The Morgan fingerprint density at radius 3 is 2.45 bits per heavy atom. The average molecular weight is 302 g/mol. The maximum Gasteiger partial charge on any atom is 0.452 e. The number of nitrogens with zero attached hydrogens (tertiary/aromatic N) is 4. The van der Waals surface area contributed by atoms with E-state index in [1.807, 2.05) is 14.1 Å². The van der Waals surface area contributed by atoms with E-state index in [0.29, 0.717) is 5.69 Å². The molecule has 0 atom stereocenters. The minimum Gasteiger partial charge on any atom is -0.378 e. The number of aryl methyl sites for hydroxylation is 1. The molecule has 108 valence electrons. The van der Waals surface area contributed by atoms with Gasteiger partial charge in [0.1, 0.15) is 0 Å². The Balaban J connectivity index is 2.70. The van der Waals surface area contributed by atoms with Gasteiger partial charge in [0.25, 0.3) is 0 Å². The third-order valence-corrected chi connectivity index (χ3v) is 3.23. The van der Waals surface area contributed by atoms with Gasteiger partial charge in [0.05, 0.1) is 5.69 Å². The normalized spacial score (nSPS) is 11.7. The lowest BCUT2D eigenvalue weighted by atomic mass is 10.2. The molecule has 0 aliphatic rings. The van der Waals surface area contributed by atoms with E-state index in [9.17, 15) is 13.2 Å². The minimum atomic E-state index is -4.57. The van der Waals surface area contributed by atoms with Crippen molar-refractivity contribution in [2.24, 2.45) is 7.05 Å². The van der Waals surface area contributed by atoms with Crippen LogP contribution in [0.5, 0.6) is 0 Å². The van der Waals surface area contributed by atoms with Crippen LogP contribution in [0.2, 0.25) is 0 Å². The van der Waals surface area contributed by atoms with Crippen molar-refractivity contribution in [2.45, 2.75) is 6.18 Å². The zero-order valence-electron chi connectivity index (χ0n) is 11.1. The zero-order chi connectivity index (χ0) is 15.1. The van der Waals surface area contributed by atoms with Crippen LogP contribution in [-0.2, 0) is 13.2 Å². The molecule has 0 fully saturated rings. The lowest BCUT2D eigenvalue weighted by molar-refractivity contribution is -0.146. The fourth-order valence-electron chi connectivity index (χ4n) is 1.79. The quantitative estimate of drug-likeness (QED) is 0.798. The van der Waals surface area contributed by atoms with Gasteiger partial charge >= 0.3 is 6.18 Å². The van der Waals surface area contributed by atoms with Crippen molar-refractivity contribution in [1.82, 2.24) is 14.3 Å². The van der Waals surface area contributed by atoms with Crippen LogP contribution in [0.25, 0.3) is 5.69 Å². The number of alkyl halides is 3. The van der Waals surface area contributed by atoms with Gasteiger partial charge in [-0.05, 0) is 30.4 Å². The first-order valence-electron chi connectivity index (χ1n) is 5.73. The molecule has 0 saturated heterocycles. The van der Waals surface area contributed by atoms with Crippen LogP contribution in [0.4, 0.5) is 18.9 Å². The lowest BCUT2D eigenvalue weighted by Gasteiger charge is -2.15. The molecule has 2 aromatic rings. The van der Waals surface area contributed by atoms with E-state index in [2.05, 4.69) is 5.10 Å². The van der Waals surface area contributed by atoms with Gasteiger partial charge in [-0.15, -0.1) is 5.10 Å². The van der Waals surface area contributed by atoms with Gasteiger partial charge < -0.3 is 4.90 Å². The lowest BCUT2D eigenvalue weighted by Crippen LogP contribution is -2.15. The number of benzene rings is 1. The number of hydrogen-bond acceptors (Lipinski definition) is 3. The van der Waals surface area contributed by atoms with Crippen LogP contribution in [0.1, 0.15) is 5.82 Å². The third kappa shape index (κ3) is 2.55. The summed E-state index contributed by atoms with van der Waals surface area (Å²) in [7, 11) is 5.02. The highest BCUT2D eigenvalue weighted by molar-refractivity contribution is 7.71. The molecule has 0 radical (unpaired) electrons. The summed E-state index contributed by atoms with van der Waals surface area (Å²) in [6.07, 6.45) is -4.57. The van der Waals surface area contributed by atoms with Gasteiger partial charge in [0.15, 0.2) is 0 Å². The van der Waals surface area contributed by atoms with Crippen molar-refractivity contribution in [3.05, 3.63) is 34.9 Å². The highest BCUT2D eigenvalue weighted by Gasteiger charge is 2.38. The summed E-state index contributed by atoms with van der Waals surface area (Å²) < 4.78 is 41.1. The minimum absolute atomic E-state index is 0.00627. The summed E-state index contributed by atoms with van der Waals surface area (Å²) in [6.45, 7) is 0. The van der Waals surface area contributed by atoms with Crippen molar-refractivity contribution in [1.29, 1.82) is 0 Å². The van der Waals surface area contributed by atoms with Crippen LogP contribution >= 0.6 is 12.2 Å². The first kappa shape index (κ1) is 14.6. The van der Waals surface area contributed by atoms with E-state index in [-0.39, 0.29) is 4.77 Å². The van der Waals surface area contributed by atoms with Crippen LogP contribution in [-0.4, -0.2) is 28.4 Å². The molecule has 8 heteroatoms. The molecule has 0 amide bonds. The van der Waals surface area contributed by atoms with E-state index in [1.54, 1.807) is 29.2 Å². The first-order valence-corrected chi connectivity index (χ1v) is 6.13. The number of hydrogen-bond donors (Lipinski definition) is 0. The summed E-state index contributed by atoms with van der Waals surface area (Å²) in [5, 5.41) is 3.47. The fraction of sp³-hybridized carbons (Fsp3) is 0.333. The van der Waals surface area contributed by atoms with E-state index in [1.165, 1.54) is 7.05 Å². The van der Waals surface area contributed by atoms with Crippen LogP contribution in [0.3, 0.4) is 0 Å². The Hall–Kier alpha value is -1.83. The van der Waals surface area contributed by atoms with Gasteiger partial charge in [0.2, 0.25) is 10.6 Å². The molecule has 0 unspecified atom stereocenters. The van der Waals surface area contributed by atoms with Crippen molar-refractivity contribution < 1.29 is 13.2 Å². The Labute approximate surface area is 119 Å². The van der Waals surface area contributed by atoms with Gasteiger partial charge in [-0.25, -0.2) is 4.68 Å². The number of halogens is 3. The molecular weight excluding hydrogens is 289 g/mol. The van der Waals surface area contributed by atoms with Crippen molar-refractivity contribution in [2.75, 3.05) is 19.0 Å². The Bertz CT molecular complexity index is 685. The van der Waals surface area contributed by atoms with Gasteiger partial charge in [-0.2, -0.15) is 13.2 Å². The van der Waals surface area contributed by atoms with E-state index in [4.69, 9.17) is 12.2 Å². The van der Waals surface area contributed by atoms with Crippen LogP contribution in [0, 0.1) is 4.77 Å². The van der Waals surface area contributed by atoms with Gasteiger partial charge in [-0.1, -0.05) is 6.07 Å². The monoisotopic (exact) mass is 302 g/mol. The molecule has 2 rings (SSSR count). The molecule has 4 nitrogen and oxygen atoms in total. The van der Waals surface area contributed by atoms with Crippen molar-refractivity contribution in [3.63, 3.8) is 0 Å². The summed E-state index contributed by atoms with van der Waals surface area (Å²) >= 11 is 5.02. The Morgan fingerprint density at radius 1 is 1.25 bits per heavy atom. The van der Waals surface area contributed by atoms with Crippen molar-refractivity contribution in [3.8, 4) is 5.69 Å². The van der Waals surface area contributed by atoms with Gasteiger partial charge in [-0.3, -0.25) is 4.57 Å². The third-order valence-electron chi connectivity index (χ3n) is 2.78. The second-order valence-electron chi connectivity index (χ2n) is 4.48. The second kappa shape index (κ2) is 4.93. The molecule has 0 bridgehead atoms. The predicted octanol–water partition coefficient (Wildman–Crippen LogP) is 3.03. The number of rotatable bonds is 2. The molecule has 1 heterocycles. The standard InChI is InChI=1S/C12H13F3N4S/c1-17(2)8-5-4-6-9(7-8)19-10(12(13,14)15)16-18(3)11(19)20/h4-7H,1-3H3. The SMILES string of the molecule is CN(C)c1cccc(-n2c(C(F)(F)F)nn(C)c2=S)c1. The molecule has 0 spiro atoms. The summed E-state index contributed by atoms with van der Waals surface area (Å²) in [5.41, 5.74) is 1.11. The largest absolute Gasteiger partial charge is 0.452 e. The Morgan fingerprint density at radius 2 is 1.90 bits per heavy atom. The second-order valence-corrected chi connectivity index (χ2v) is 4.84. The summed E-state index contributed by atoms with van der Waals surface area (Å²) in [6, 6.07) is 6.68. The average Bonchev–Trinajstić information content (AvgIpc) is 2.66. The molecule has 0 saturated carbocycles. The van der Waals surface area contributed by atoms with Crippen molar-refractivity contribution >= 4 is 17.9 Å². The maximum atomic E-state index is 13.0. The van der Waals surface area contributed by atoms with Crippen LogP contribution < -0.4 is 4.90 Å². The molecule has 20 heavy (non-hydrogen) atoms. The first-order chi connectivity index (χ1) is 9.21. The smallest absolute Gasteiger partial charge is 0.378 e. The van der Waals surface area contributed by atoms with E-state index >= 15 is 0 Å². The van der Waals surface area contributed by atoms with Crippen LogP contribution in [0.15, 0.2) is 24.3 Å². The topological polar surface area (TPSA) is 26.0 Å². The fourth-order valence-corrected chi connectivity index (χ4v) is 2.02. The molecule has 0 N–H and O–H groups in total.